The number of carbonyl (C=O) groups excluding carboxylic acids is 5. The van der Waals surface area contributed by atoms with Crippen LogP contribution < -0.4 is 12.4 Å². The Bertz CT molecular complexity index is 1760. The van der Waals surface area contributed by atoms with E-state index in [1.807, 2.05) is 38.5 Å². The first-order chi connectivity index (χ1) is 27.7. The van der Waals surface area contributed by atoms with E-state index in [9.17, 15) is 29.1 Å². The molecule has 7 atom stereocenters. The number of ether oxygens (including phenoxy) is 3. The fourth-order valence-corrected chi connectivity index (χ4v) is 5.84. The fourth-order valence-electron chi connectivity index (χ4n) is 4.81. The molecular weight excluding hydrogens is 1170 g/mol. The maximum atomic E-state index is 12.0. The zero-order valence-corrected chi connectivity index (χ0v) is 43.7. The van der Waals surface area contributed by atoms with Gasteiger partial charge in [-0.25, -0.2) is 4.98 Å². The van der Waals surface area contributed by atoms with Crippen molar-refractivity contribution >= 4 is 123 Å². The Labute approximate surface area is 417 Å². The zero-order valence-electron chi connectivity index (χ0n) is 33.5. The number of pyridine rings is 3. The Balaban J connectivity index is 0. The molecule has 0 radical (unpaired) electrons. The molecule has 0 amide bonds. The molecule has 14 nitrogen and oxygen atoms in total. The van der Waals surface area contributed by atoms with Crippen LogP contribution in [0.15, 0.2) is 68.4 Å². The topological polar surface area (TPSA) is 206 Å². The number of hydrogen-bond acceptors (Lipinski definition) is 14. The van der Waals surface area contributed by atoms with Crippen LogP contribution >= 0.6 is 70.4 Å². The number of hydrogen-bond donors (Lipinski definition) is 1. The molecule has 6 rings (SSSR count). The molecule has 0 aromatic carbocycles. The number of aliphatic hydroxyl groups is 1. The van der Waals surface area contributed by atoms with Crippen LogP contribution in [0.2, 0.25) is 0 Å². The van der Waals surface area contributed by atoms with E-state index in [1.54, 1.807) is 57.6 Å². The minimum atomic E-state index is -1.44. The number of esters is 3. The van der Waals surface area contributed by atoms with Gasteiger partial charge in [0.2, 0.25) is 0 Å². The number of aliphatic hydroxyl groups excluding tert-OH is 1. The number of aromatic nitrogens is 3. The monoisotopic (exact) mass is 1210 g/mol. The van der Waals surface area contributed by atoms with Gasteiger partial charge in [0.25, 0.3) is 0 Å². The molecule has 0 aliphatic heterocycles. The van der Waals surface area contributed by atoms with Gasteiger partial charge in [0.15, 0.2) is 5.78 Å². The summed E-state index contributed by atoms with van der Waals surface area (Å²) in [5, 5.41) is 10.1. The summed E-state index contributed by atoms with van der Waals surface area (Å²) in [6, 6.07) is 10.9. The summed E-state index contributed by atoms with van der Waals surface area (Å²) in [6.07, 6.45) is 9.08. The van der Waals surface area contributed by atoms with Gasteiger partial charge in [0.1, 0.15) is 15.7 Å². The SMILES string of the molecule is Brc1ccc(I)nc1.CCOC(=O)C1CC1C(=O)c1ccc(Br)cn1.CCOC(=O)C1CC1C(O)c1ccc(Br)cn1.CCOC(=O)C1CC1C=O.C[CH-]C.[Cl-].[Mg+2].[O]=[Mn]=[O]. The zero-order chi connectivity index (χ0) is 43.8. The van der Waals surface area contributed by atoms with Gasteiger partial charge in [-0.05, 0) is 147 Å². The number of aldehydes is 1. The summed E-state index contributed by atoms with van der Waals surface area (Å²) >= 11 is 10.5. The predicted octanol–water partition coefficient (Wildman–Crippen LogP) is 4.75. The Morgan fingerprint density at radius 3 is 1.60 bits per heavy atom. The van der Waals surface area contributed by atoms with E-state index in [1.165, 1.54) is 0 Å². The van der Waals surface area contributed by atoms with Crippen LogP contribution in [0, 0.1) is 45.6 Å². The van der Waals surface area contributed by atoms with Gasteiger partial charge in [0, 0.05) is 49.8 Å². The van der Waals surface area contributed by atoms with Crippen molar-refractivity contribution in [1.82, 2.24) is 15.0 Å². The Morgan fingerprint density at radius 2 is 1.22 bits per heavy atom. The molecule has 0 bridgehead atoms. The summed E-state index contributed by atoms with van der Waals surface area (Å²) in [5.41, 5.74) is 1.01. The molecule has 3 saturated carbocycles. The Morgan fingerprint density at radius 1 is 0.767 bits per heavy atom. The van der Waals surface area contributed by atoms with Gasteiger partial charge in [-0.1, -0.05) is 0 Å². The molecule has 0 spiro atoms. The van der Waals surface area contributed by atoms with E-state index >= 15 is 0 Å². The van der Waals surface area contributed by atoms with Crippen molar-refractivity contribution in [3.8, 4) is 0 Å². The van der Waals surface area contributed by atoms with Crippen LogP contribution in [0.3, 0.4) is 0 Å². The van der Waals surface area contributed by atoms with E-state index in [4.69, 9.17) is 21.9 Å². The first kappa shape index (κ1) is 60.6. The quantitative estimate of drug-likeness (QED) is 0.0403. The number of rotatable bonds is 11. The van der Waals surface area contributed by atoms with Crippen molar-refractivity contribution in [2.24, 2.45) is 35.5 Å². The maximum absolute atomic E-state index is 12.0. The second-order valence-corrected chi connectivity index (χ2v) is 16.4. The van der Waals surface area contributed by atoms with Crippen LogP contribution in [0.1, 0.15) is 76.2 Å². The third-order valence-corrected chi connectivity index (χ3v) is 9.92. The number of ketones is 1. The predicted molar refractivity (Wildman–Crippen MR) is 231 cm³/mol. The molecular formula is C39H46Br3ClIMgMnN3O11. The summed E-state index contributed by atoms with van der Waals surface area (Å²) in [4.78, 5) is 67.9. The standard InChI is InChI=1S/C12H14BrNO3.C12H12BrNO3.C7H10O3.C5H3BrIN.C3H7.ClH.Mg.Mn.2O/c2*1-2-17-12(16)9-5-8(9)11(15)10-4-3-7(13)6-14-10;1-2-10-7(9)6-3-5(6)4-8;6-4-1-2-5(7)8-3-4;1-3-2;;;;;/h3-4,6,8-9,11,15H,2,5H2,1H3;3-4,6,8-9H,2,5H2,1H3;4-6H,2-3H2,1H3;1-3H;3H,1-2H3;1H;;;;/q;;;;-1;;+2;;;/p-1. The second-order valence-electron chi connectivity index (χ2n) is 12.4. The van der Waals surface area contributed by atoms with Gasteiger partial charge in [-0.15, -0.1) is 0 Å². The molecule has 3 aromatic heterocycles. The van der Waals surface area contributed by atoms with Crippen LogP contribution in [0.4, 0.5) is 0 Å². The van der Waals surface area contributed by atoms with Crippen molar-refractivity contribution in [1.29, 1.82) is 0 Å². The summed E-state index contributed by atoms with van der Waals surface area (Å²) in [5.74, 6) is -1.71. The van der Waals surface area contributed by atoms with Gasteiger partial charge in [-0.2, -0.15) is 13.8 Å². The molecule has 3 heterocycles. The van der Waals surface area contributed by atoms with E-state index < -0.39 is 20.9 Å². The summed E-state index contributed by atoms with van der Waals surface area (Å²) in [6.45, 7) is 10.4. The average molecular weight is 1210 g/mol. The Kier molecular flexibility index (Phi) is 34.3. The first-order valence-electron chi connectivity index (χ1n) is 18.0. The van der Waals surface area contributed by atoms with Gasteiger partial charge in [-0.3, -0.25) is 29.1 Å². The molecule has 3 fully saturated rings. The molecule has 21 heteroatoms. The summed E-state index contributed by atoms with van der Waals surface area (Å²) in [7, 11) is 0. The molecule has 3 aliphatic carbocycles. The van der Waals surface area contributed by atoms with E-state index in [2.05, 4.69) is 85.3 Å². The number of carbonyl (C=O) groups is 5. The van der Waals surface area contributed by atoms with Crippen LogP contribution in [0.5, 0.6) is 0 Å². The first-order valence-corrected chi connectivity index (χ1v) is 22.4. The average Bonchev–Trinajstić information content (AvgIpc) is 4.08. The second kappa shape index (κ2) is 34.0. The van der Waals surface area contributed by atoms with E-state index in [0.29, 0.717) is 50.5 Å². The van der Waals surface area contributed by atoms with Gasteiger partial charge < -0.3 is 42.9 Å². The normalized spacial score (nSPS) is 19.7. The fraction of sp³-hybridized carbons (Fsp3) is 0.462. The number of Topliss-reactive ketones (excluding diaryl/α,β-unsaturated/α-hetero) is 1. The number of nitrogens with zero attached hydrogens (tertiary/aromatic N) is 3. The molecule has 60 heavy (non-hydrogen) atoms. The third kappa shape index (κ3) is 23.8. The molecule has 1 N–H and O–H groups in total. The van der Waals surface area contributed by atoms with Gasteiger partial charge >= 0.3 is 63.5 Å². The van der Waals surface area contributed by atoms with Crippen LogP contribution in [-0.4, -0.2) is 92.9 Å². The van der Waals surface area contributed by atoms with Crippen molar-refractivity contribution in [2.75, 3.05) is 19.8 Å². The Hall–Kier alpha value is -1.49. The van der Waals surface area contributed by atoms with E-state index in [0.717, 1.165) is 23.4 Å². The van der Waals surface area contributed by atoms with Crippen molar-refractivity contribution in [3.05, 3.63) is 89.9 Å². The van der Waals surface area contributed by atoms with Crippen molar-refractivity contribution in [2.45, 2.75) is 60.0 Å². The minimum absolute atomic E-state index is 0. The number of halogens is 5. The van der Waals surface area contributed by atoms with Crippen molar-refractivity contribution < 1.29 is 78.2 Å². The molecule has 7 unspecified atom stereocenters. The summed E-state index contributed by atoms with van der Waals surface area (Å²) < 4.78 is 35.1. The van der Waals surface area contributed by atoms with Crippen LogP contribution in [0.25, 0.3) is 0 Å². The molecule has 3 aromatic rings. The van der Waals surface area contributed by atoms with Crippen molar-refractivity contribution in [3.63, 3.8) is 0 Å². The molecule has 0 saturated heterocycles. The molecule has 3 aliphatic rings. The van der Waals surface area contributed by atoms with Crippen LogP contribution in [-0.2, 0) is 55.9 Å². The van der Waals surface area contributed by atoms with Gasteiger partial charge in [0.05, 0.1) is 49.4 Å². The molecule has 327 valence electrons. The third-order valence-electron chi connectivity index (χ3n) is 7.88. The van der Waals surface area contributed by atoms with E-state index in [-0.39, 0.29) is 94.7 Å².